The van der Waals surface area contributed by atoms with E-state index in [0.717, 1.165) is 51.9 Å². The molecule has 0 radical (unpaired) electrons. The lowest BCUT2D eigenvalue weighted by Crippen LogP contribution is -2.11. The average Bonchev–Trinajstić information content (AvgIpc) is 3.16. The van der Waals surface area contributed by atoms with Crippen molar-refractivity contribution >= 4 is 34.5 Å². The SMILES string of the molecule is CCNc1ccc(-c2cc(NCC(SC)c3ccnc4cc(C)oc34)ncn2)cn1. The Hall–Kier alpha value is -3.13. The summed E-state index contributed by atoms with van der Waals surface area (Å²) in [7, 11) is 0. The van der Waals surface area contributed by atoms with Gasteiger partial charge in [-0.05, 0) is 38.3 Å². The van der Waals surface area contributed by atoms with Gasteiger partial charge >= 0.3 is 0 Å². The summed E-state index contributed by atoms with van der Waals surface area (Å²) in [6, 6.07) is 9.90. The molecule has 1 unspecified atom stereocenters. The van der Waals surface area contributed by atoms with Gasteiger partial charge in [0.25, 0.3) is 0 Å². The number of furan rings is 1. The Kier molecular flexibility index (Phi) is 6.13. The van der Waals surface area contributed by atoms with Crippen molar-refractivity contribution in [1.82, 2.24) is 19.9 Å². The maximum atomic E-state index is 5.90. The van der Waals surface area contributed by atoms with Crippen molar-refractivity contribution in [3.8, 4) is 11.3 Å². The van der Waals surface area contributed by atoms with E-state index in [1.807, 2.05) is 56.6 Å². The Bertz CT molecular complexity index is 1130. The van der Waals surface area contributed by atoms with Gasteiger partial charge in [-0.1, -0.05) is 0 Å². The number of anilines is 2. The van der Waals surface area contributed by atoms with Crippen molar-refractivity contribution in [3.05, 3.63) is 60.4 Å². The molecule has 7 nitrogen and oxygen atoms in total. The Morgan fingerprint density at radius 2 is 1.93 bits per heavy atom. The van der Waals surface area contributed by atoms with E-state index in [9.17, 15) is 0 Å². The minimum Gasteiger partial charge on any atom is -0.459 e. The Morgan fingerprint density at radius 1 is 1.03 bits per heavy atom. The quantitative estimate of drug-likeness (QED) is 0.414. The van der Waals surface area contributed by atoms with Crippen LogP contribution >= 0.6 is 11.8 Å². The van der Waals surface area contributed by atoms with E-state index in [0.29, 0.717) is 6.54 Å². The number of fused-ring (bicyclic) bond motifs is 1. The van der Waals surface area contributed by atoms with Gasteiger partial charge in [0.1, 0.15) is 29.2 Å². The molecule has 0 aromatic carbocycles. The molecule has 4 rings (SSSR count). The number of rotatable bonds is 8. The molecule has 0 aliphatic heterocycles. The van der Waals surface area contributed by atoms with Gasteiger partial charge < -0.3 is 15.1 Å². The van der Waals surface area contributed by atoms with Gasteiger partial charge in [-0.3, -0.25) is 4.98 Å². The van der Waals surface area contributed by atoms with E-state index in [1.165, 1.54) is 0 Å². The van der Waals surface area contributed by atoms with Gasteiger partial charge in [0, 0.05) is 48.7 Å². The first-order valence-electron chi connectivity index (χ1n) is 9.82. The maximum absolute atomic E-state index is 5.90. The van der Waals surface area contributed by atoms with Crippen LogP contribution in [-0.4, -0.2) is 39.3 Å². The van der Waals surface area contributed by atoms with Gasteiger partial charge in [-0.2, -0.15) is 11.8 Å². The van der Waals surface area contributed by atoms with Crippen LogP contribution < -0.4 is 10.6 Å². The second kappa shape index (κ2) is 9.13. The lowest BCUT2D eigenvalue weighted by atomic mass is 10.1. The molecule has 4 aromatic rings. The predicted molar refractivity (Wildman–Crippen MR) is 123 cm³/mol. The molecule has 0 aliphatic carbocycles. The summed E-state index contributed by atoms with van der Waals surface area (Å²) in [5.74, 6) is 2.50. The smallest absolute Gasteiger partial charge is 0.157 e. The highest BCUT2D eigenvalue weighted by Crippen LogP contribution is 2.33. The predicted octanol–water partition coefficient (Wildman–Crippen LogP) is 4.94. The summed E-state index contributed by atoms with van der Waals surface area (Å²) in [4.78, 5) is 17.6. The second-order valence-corrected chi connectivity index (χ2v) is 7.87. The van der Waals surface area contributed by atoms with Crippen LogP contribution in [0.3, 0.4) is 0 Å². The van der Waals surface area contributed by atoms with Crippen LogP contribution in [0.15, 0.2) is 53.5 Å². The Labute approximate surface area is 179 Å². The number of hydrogen-bond acceptors (Lipinski definition) is 8. The van der Waals surface area contributed by atoms with Crippen molar-refractivity contribution in [2.75, 3.05) is 30.0 Å². The molecule has 2 N–H and O–H groups in total. The van der Waals surface area contributed by atoms with E-state index in [2.05, 4.69) is 36.8 Å². The molecule has 0 amide bonds. The largest absolute Gasteiger partial charge is 0.459 e. The summed E-state index contributed by atoms with van der Waals surface area (Å²) in [6.07, 6.45) is 7.33. The fourth-order valence-electron chi connectivity index (χ4n) is 3.29. The molecule has 8 heteroatoms. The van der Waals surface area contributed by atoms with Gasteiger partial charge in [0.2, 0.25) is 0 Å². The van der Waals surface area contributed by atoms with Gasteiger partial charge in [0.05, 0.1) is 10.9 Å². The first kappa shape index (κ1) is 20.2. The first-order chi connectivity index (χ1) is 14.7. The summed E-state index contributed by atoms with van der Waals surface area (Å²) >= 11 is 1.76. The molecule has 0 bridgehead atoms. The van der Waals surface area contributed by atoms with Gasteiger partial charge in [-0.25, -0.2) is 15.0 Å². The highest BCUT2D eigenvalue weighted by atomic mass is 32.2. The zero-order valence-corrected chi connectivity index (χ0v) is 18.0. The van der Waals surface area contributed by atoms with Crippen molar-refractivity contribution in [2.24, 2.45) is 0 Å². The van der Waals surface area contributed by atoms with E-state index < -0.39 is 0 Å². The van der Waals surface area contributed by atoms with Crippen molar-refractivity contribution in [1.29, 1.82) is 0 Å². The molecule has 0 spiro atoms. The van der Waals surface area contributed by atoms with Crippen LogP contribution in [0.5, 0.6) is 0 Å². The third-order valence-electron chi connectivity index (χ3n) is 4.75. The van der Waals surface area contributed by atoms with E-state index >= 15 is 0 Å². The van der Waals surface area contributed by atoms with Crippen LogP contribution in [0, 0.1) is 6.92 Å². The number of thioether (sulfide) groups is 1. The molecule has 0 aliphatic rings. The zero-order chi connectivity index (χ0) is 20.9. The number of nitrogens with one attached hydrogen (secondary N) is 2. The average molecular weight is 421 g/mol. The normalized spacial score (nSPS) is 12.1. The highest BCUT2D eigenvalue weighted by molar-refractivity contribution is 7.98. The first-order valence-corrected chi connectivity index (χ1v) is 11.1. The third-order valence-corrected chi connectivity index (χ3v) is 5.74. The van der Waals surface area contributed by atoms with Crippen molar-refractivity contribution in [2.45, 2.75) is 19.1 Å². The van der Waals surface area contributed by atoms with Crippen molar-refractivity contribution in [3.63, 3.8) is 0 Å². The molecule has 1 atom stereocenters. The zero-order valence-electron chi connectivity index (χ0n) is 17.2. The Balaban J connectivity index is 1.50. The fraction of sp³-hybridized carbons (Fsp3) is 0.273. The fourth-order valence-corrected chi connectivity index (χ4v) is 3.98. The van der Waals surface area contributed by atoms with Crippen LogP contribution in [0.1, 0.15) is 23.5 Å². The van der Waals surface area contributed by atoms with Crippen LogP contribution in [0.25, 0.3) is 22.4 Å². The second-order valence-electron chi connectivity index (χ2n) is 6.83. The molecule has 0 fully saturated rings. The minimum absolute atomic E-state index is 0.195. The lowest BCUT2D eigenvalue weighted by Gasteiger charge is -2.16. The number of aromatic nitrogens is 4. The molecule has 4 heterocycles. The Morgan fingerprint density at radius 3 is 2.70 bits per heavy atom. The van der Waals surface area contributed by atoms with Gasteiger partial charge in [-0.15, -0.1) is 0 Å². The van der Waals surface area contributed by atoms with Crippen LogP contribution in [0.4, 0.5) is 11.6 Å². The monoisotopic (exact) mass is 420 g/mol. The molecular formula is C22H24N6OS. The van der Waals surface area contributed by atoms with E-state index in [1.54, 1.807) is 18.1 Å². The highest BCUT2D eigenvalue weighted by Gasteiger charge is 2.17. The maximum Gasteiger partial charge on any atom is 0.157 e. The summed E-state index contributed by atoms with van der Waals surface area (Å²) in [5, 5.41) is 6.83. The minimum atomic E-state index is 0.195. The number of hydrogen-bond donors (Lipinski definition) is 2. The van der Waals surface area contributed by atoms with E-state index in [4.69, 9.17) is 4.42 Å². The summed E-state index contributed by atoms with van der Waals surface area (Å²) in [5.41, 5.74) is 4.65. The van der Waals surface area contributed by atoms with E-state index in [-0.39, 0.29) is 5.25 Å². The third kappa shape index (κ3) is 4.38. The molecule has 0 saturated heterocycles. The van der Waals surface area contributed by atoms with Crippen LogP contribution in [-0.2, 0) is 0 Å². The lowest BCUT2D eigenvalue weighted by molar-refractivity contribution is 0.574. The molecule has 0 saturated carbocycles. The van der Waals surface area contributed by atoms with Crippen LogP contribution in [0.2, 0.25) is 0 Å². The summed E-state index contributed by atoms with van der Waals surface area (Å²) in [6.45, 7) is 5.53. The topological polar surface area (TPSA) is 88.8 Å². The number of nitrogens with zero attached hydrogens (tertiary/aromatic N) is 4. The standard InChI is InChI=1S/C22H24N6OS/c1-4-23-20-6-5-15(11-25-20)17-10-21(28-13-27-17)26-12-19(30-3)16-7-8-24-18-9-14(2)29-22(16)18/h5-11,13,19H,4,12H2,1-3H3,(H,23,25)(H,26,27,28). The molecular weight excluding hydrogens is 396 g/mol. The molecule has 30 heavy (non-hydrogen) atoms. The number of aryl methyl sites for hydroxylation is 1. The number of pyridine rings is 2. The molecule has 4 aromatic heterocycles. The van der Waals surface area contributed by atoms with Gasteiger partial charge in [0.15, 0.2) is 5.58 Å². The molecule has 154 valence electrons. The summed E-state index contributed by atoms with van der Waals surface area (Å²) < 4.78 is 5.90. The van der Waals surface area contributed by atoms with Crippen molar-refractivity contribution < 1.29 is 4.42 Å².